The van der Waals surface area contributed by atoms with Crippen molar-refractivity contribution in [3.63, 3.8) is 0 Å². The topological polar surface area (TPSA) is 27.7 Å². The number of alkyl halides is 2. The lowest BCUT2D eigenvalue weighted by molar-refractivity contribution is 0.113. The lowest BCUT2D eigenvalue weighted by atomic mass is 10.1. The number of allylic oxidation sites excluding steroid dienone is 1. The van der Waals surface area contributed by atoms with Crippen LogP contribution in [0.15, 0.2) is 24.8 Å². The SMILES string of the molecule is C=CCc1cc(OC)c2c(c1)OC(Br)(Br)O2. The van der Waals surface area contributed by atoms with Crippen LogP contribution >= 0.6 is 31.9 Å². The largest absolute Gasteiger partial charge is 0.493 e. The molecule has 0 N–H and O–H groups in total. The van der Waals surface area contributed by atoms with E-state index in [1.807, 2.05) is 18.2 Å². The molecule has 1 heterocycles. The normalized spacial score (nSPS) is 15.9. The van der Waals surface area contributed by atoms with Gasteiger partial charge < -0.3 is 14.2 Å². The van der Waals surface area contributed by atoms with Crippen LogP contribution in [0.25, 0.3) is 0 Å². The Hall–Kier alpha value is -0.680. The highest BCUT2D eigenvalue weighted by atomic mass is 79.9. The third-order valence-electron chi connectivity index (χ3n) is 2.13. The van der Waals surface area contributed by atoms with E-state index in [1.165, 1.54) is 0 Å². The lowest BCUT2D eigenvalue weighted by Crippen LogP contribution is -2.21. The van der Waals surface area contributed by atoms with Crippen molar-refractivity contribution >= 4 is 31.9 Å². The van der Waals surface area contributed by atoms with Gasteiger partial charge in [0.1, 0.15) is 0 Å². The fourth-order valence-electron chi connectivity index (χ4n) is 1.51. The minimum absolute atomic E-state index is 0.587. The van der Waals surface area contributed by atoms with E-state index in [9.17, 15) is 0 Å². The van der Waals surface area contributed by atoms with E-state index in [0.29, 0.717) is 17.2 Å². The van der Waals surface area contributed by atoms with Gasteiger partial charge in [0.25, 0.3) is 0 Å². The van der Waals surface area contributed by atoms with Crippen LogP contribution in [0.3, 0.4) is 0 Å². The van der Waals surface area contributed by atoms with Gasteiger partial charge in [-0.1, -0.05) is 6.08 Å². The first-order chi connectivity index (χ1) is 7.55. The average Bonchev–Trinajstić information content (AvgIpc) is 2.51. The van der Waals surface area contributed by atoms with E-state index < -0.39 is 3.61 Å². The maximum atomic E-state index is 5.52. The molecule has 0 spiro atoms. The van der Waals surface area contributed by atoms with E-state index in [0.717, 1.165) is 12.0 Å². The van der Waals surface area contributed by atoms with Gasteiger partial charge in [-0.2, -0.15) is 0 Å². The van der Waals surface area contributed by atoms with E-state index >= 15 is 0 Å². The summed E-state index contributed by atoms with van der Waals surface area (Å²) in [6, 6.07) is 3.81. The second-order valence-corrected chi connectivity index (χ2v) is 6.44. The Bertz CT molecular complexity index is 429. The number of hydrogen-bond acceptors (Lipinski definition) is 3. The highest BCUT2D eigenvalue weighted by Crippen LogP contribution is 2.50. The monoisotopic (exact) mass is 348 g/mol. The standard InChI is InChI=1S/C11H10Br2O3/c1-3-4-7-5-8(14-2)10-9(6-7)15-11(12,13)16-10/h3,5-6H,1,4H2,2H3. The molecular formula is C11H10Br2O3. The second-order valence-electron chi connectivity index (χ2n) is 3.29. The minimum Gasteiger partial charge on any atom is -0.493 e. The zero-order valence-electron chi connectivity index (χ0n) is 8.63. The van der Waals surface area contributed by atoms with Gasteiger partial charge in [0, 0.05) is 31.9 Å². The molecule has 0 amide bonds. The van der Waals surface area contributed by atoms with Crippen LogP contribution in [0.2, 0.25) is 0 Å². The highest BCUT2D eigenvalue weighted by molar-refractivity contribution is 9.25. The molecule has 2 rings (SSSR count). The number of methoxy groups -OCH3 is 1. The summed E-state index contributed by atoms with van der Waals surface area (Å²) in [5.74, 6) is 1.88. The van der Waals surface area contributed by atoms with Crippen molar-refractivity contribution in [2.24, 2.45) is 0 Å². The molecule has 0 saturated heterocycles. The summed E-state index contributed by atoms with van der Waals surface area (Å²) < 4.78 is 15.3. The molecule has 5 heteroatoms. The molecule has 1 aliphatic heterocycles. The van der Waals surface area contributed by atoms with Crippen molar-refractivity contribution in [3.05, 3.63) is 30.4 Å². The number of benzene rings is 1. The van der Waals surface area contributed by atoms with Crippen LogP contribution in [0.5, 0.6) is 17.2 Å². The van der Waals surface area contributed by atoms with Gasteiger partial charge in [-0.15, -0.1) is 6.58 Å². The van der Waals surface area contributed by atoms with E-state index in [1.54, 1.807) is 7.11 Å². The Morgan fingerprint density at radius 3 is 2.81 bits per heavy atom. The maximum Gasteiger partial charge on any atom is 0.368 e. The van der Waals surface area contributed by atoms with Gasteiger partial charge in [-0.3, -0.25) is 0 Å². The Labute approximate surface area is 111 Å². The van der Waals surface area contributed by atoms with Crippen molar-refractivity contribution in [2.75, 3.05) is 7.11 Å². The molecule has 0 aromatic heterocycles. The van der Waals surface area contributed by atoms with Crippen molar-refractivity contribution in [1.82, 2.24) is 0 Å². The number of ether oxygens (including phenoxy) is 3. The first-order valence-electron chi connectivity index (χ1n) is 4.63. The second kappa shape index (κ2) is 4.30. The third-order valence-corrected chi connectivity index (χ3v) is 2.78. The minimum atomic E-state index is -0.998. The van der Waals surface area contributed by atoms with Crippen LogP contribution in [0, 0.1) is 0 Å². The first kappa shape index (κ1) is 11.8. The van der Waals surface area contributed by atoms with E-state index in [4.69, 9.17) is 14.2 Å². The molecule has 0 aliphatic carbocycles. The molecule has 0 fully saturated rings. The highest BCUT2D eigenvalue weighted by Gasteiger charge is 2.38. The van der Waals surface area contributed by atoms with Gasteiger partial charge in [0.2, 0.25) is 5.75 Å². The van der Waals surface area contributed by atoms with Crippen molar-refractivity contribution < 1.29 is 14.2 Å². The number of rotatable bonds is 3. The number of hydrogen-bond donors (Lipinski definition) is 0. The first-order valence-corrected chi connectivity index (χ1v) is 6.22. The van der Waals surface area contributed by atoms with Gasteiger partial charge in [0.05, 0.1) is 7.11 Å². The zero-order chi connectivity index (χ0) is 11.8. The fourth-order valence-corrected chi connectivity index (χ4v) is 2.18. The van der Waals surface area contributed by atoms with Crippen molar-refractivity contribution in [3.8, 4) is 17.2 Å². The summed E-state index contributed by atoms with van der Waals surface area (Å²) >= 11 is 6.49. The molecule has 0 saturated carbocycles. The number of fused-ring (bicyclic) bond motifs is 1. The smallest absolute Gasteiger partial charge is 0.368 e. The quantitative estimate of drug-likeness (QED) is 0.616. The van der Waals surface area contributed by atoms with Crippen LogP contribution in [-0.4, -0.2) is 10.7 Å². The lowest BCUT2D eigenvalue weighted by Gasteiger charge is -2.11. The van der Waals surface area contributed by atoms with Crippen LogP contribution in [0.4, 0.5) is 0 Å². The Morgan fingerprint density at radius 1 is 1.44 bits per heavy atom. The number of halogens is 2. The van der Waals surface area contributed by atoms with Crippen LogP contribution < -0.4 is 14.2 Å². The van der Waals surface area contributed by atoms with Gasteiger partial charge in [-0.25, -0.2) is 0 Å². The Balaban J connectivity index is 2.44. The molecule has 86 valence electrons. The molecule has 0 atom stereocenters. The summed E-state index contributed by atoms with van der Waals surface area (Å²) in [4.78, 5) is 0. The molecular weight excluding hydrogens is 340 g/mol. The average molecular weight is 350 g/mol. The van der Waals surface area contributed by atoms with Gasteiger partial charge in [-0.05, 0) is 24.1 Å². The maximum absolute atomic E-state index is 5.52. The van der Waals surface area contributed by atoms with Crippen molar-refractivity contribution in [2.45, 2.75) is 10.0 Å². The molecule has 16 heavy (non-hydrogen) atoms. The summed E-state index contributed by atoms with van der Waals surface area (Å²) in [6.07, 6.45) is 2.58. The van der Waals surface area contributed by atoms with E-state index in [2.05, 4.69) is 38.4 Å². The molecule has 0 unspecified atom stereocenters. The third kappa shape index (κ3) is 2.20. The predicted octanol–water partition coefficient (Wildman–Crippen LogP) is 3.60. The van der Waals surface area contributed by atoms with Crippen molar-refractivity contribution in [1.29, 1.82) is 0 Å². The van der Waals surface area contributed by atoms with Crippen LogP contribution in [-0.2, 0) is 6.42 Å². The summed E-state index contributed by atoms with van der Waals surface area (Å²) in [6.45, 7) is 3.70. The molecule has 3 nitrogen and oxygen atoms in total. The predicted molar refractivity (Wildman–Crippen MR) is 68.7 cm³/mol. The molecule has 0 bridgehead atoms. The fraction of sp³-hybridized carbons (Fsp3) is 0.273. The molecule has 1 aromatic carbocycles. The molecule has 1 aliphatic rings. The van der Waals surface area contributed by atoms with E-state index in [-0.39, 0.29) is 0 Å². The van der Waals surface area contributed by atoms with Crippen LogP contribution in [0.1, 0.15) is 5.56 Å². The summed E-state index contributed by atoms with van der Waals surface area (Å²) in [5, 5.41) is 0. The Kier molecular flexibility index (Phi) is 3.17. The van der Waals surface area contributed by atoms with Gasteiger partial charge >= 0.3 is 3.61 Å². The molecule has 1 aromatic rings. The summed E-state index contributed by atoms with van der Waals surface area (Å²) in [7, 11) is 1.60. The molecule has 0 radical (unpaired) electrons. The van der Waals surface area contributed by atoms with Gasteiger partial charge in [0.15, 0.2) is 11.5 Å². The zero-order valence-corrected chi connectivity index (χ0v) is 11.8. The Morgan fingerprint density at radius 2 is 2.19 bits per heavy atom. The summed E-state index contributed by atoms with van der Waals surface area (Å²) in [5.41, 5.74) is 1.06.